The van der Waals surface area contributed by atoms with Gasteiger partial charge in [-0.1, -0.05) is 0 Å². The molecule has 0 aromatic heterocycles. The van der Waals surface area contributed by atoms with Crippen LogP contribution in [0, 0.1) is 0 Å². The Labute approximate surface area is 57.8 Å². The van der Waals surface area contributed by atoms with Gasteiger partial charge in [0.2, 0.25) is 0 Å². The molecule has 0 aromatic carbocycles. The third-order valence-electron chi connectivity index (χ3n) is 0. The van der Waals surface area contributed by atoms with E-state index in [1.807, 2.05) is 0 Å². The minimum Gasteiger partial charge on any atom is 1.00 e. The molecule has 0 fully saturated rings. The van der Waals surface area contributed by atoms with Gasteiger partial charge < -0.3 is 0 Å². The first-order valence-electron chi connectivity index (χ1n) is 0.228. The van der Waals surface area contributed by atoms with E-state index in [0.29, 0.717) is 0 Å². The molecule has 0 unspecified atom stereocenters. The van der Waals surface area contributed by atoms with E-state index in [2.05, 4.69) is 28.2 Å². The molecule has 0 aromatic rings. The molecule has 0 heterocycles. The molecule has 0 saturated carbocycles. The summed E-state index contributed by atoms with van der Waals surface area (Å²) < 4.78 is 0. The summed E-state index contributed by atoms with van der Waals surface area (Å²) in [6.45, 7) is 0. The van der Waals surface area contributed by atoms with Crippen molar-refractivity contribution in [3.63, 3.8) is 0 Å². The standard InChI is InChI=1S/2BrH.Cu.Li/h2*1H;;/q;;2*+1/p-2. The van der Waals surface area contributed by atoms with E-state index in [-0.39, 0.29) is 18.9 Å². The molecule has 0 radical (unpaired) electrons. The first-order chi connectivity index (χ1) is 1.41. The van der Waals surface area contributed by atoms with Gasteiger partial charge in [0, 0.05) is 0 Å². The Kier molecular flexibility index (Phi) is 21.0. The summed E-state index contributed by atoms with van der Waals surface area (Å²) in [6.07, 6.45) is 0. The summed E-state index contributed by atoms with van der Waals surface area (Å²) in [4.78, 5) is 0. The topological polar surface area (TPSA) is 0 Å². The molecule has 0 aliphatic rings. The predicted octanol–water partition coefficient (Wildman–Crippen LogP) is -1.31. The molecule has 0 spiro atoms. The van der Waals surface area contributed by atoms with E-state index in [9.17, 15) is 0 Å². The summed E-state index contributed by atoms with van der Waals surface area (Å²) in [5.74, 6) is 0. The van der Waals surface area contributed by atoms with Crippen molar-refractivity contribution < 1.29 is 30.2 Å². The molecule has 26 valence electrons. The molecular formula is Br2CuLi. The fourth-order valence-corrected chi connectivity index (χ4v) is 0. The van der Waals surface area contributed by atoms with E-state index in [4.69, 9.17) is 0 Å². The number of hydrogen-bond acceptors (Lipinski definition) is 0. The Morgan fingerprint density at radius 3 is 1.25 bits per heavy atom. The van der Waals surface area contributed by atoms with Gasteiger partial charge in [0.05, 0.1) is 0 Å². The molecule has 0 bridgehead atoms. The Balaban J connectivity index is 0. The fraction of sp³-hybridized carbons (Fsp3) is 0. The number of halogens is 2. The van der Waals surface area contributed by atoms with Crippen LogP contribution in [0.25, 0.3) is 0 Å². The predicted molar refractivity (Wildman–Crippen MR) is 17.9 cm³/mol. The Morgan fingerprint density at radius 1 is 1.25 bits per heavy atom. The van der Waals surface area contributed by atoms with Gasteiger partial charge >= 0.3 is 58.4 Å². The van der Waals surface area contributed by atoms with Crippen molar-refractivity contribution >= 4 is 28.2 Å². The second-order valence-electron chi connectivity index (χ2n) is 0.0431. The Morgan fingerprint density at radius 2 is 1.25 bits per heavy atom. The van der Waals surface area contributed by atoms with Gasteiger partial charge in [-0.25, -0.2) is 0 Å². The summed E-state index contributed by atoms with van der Waals surface area (Å²) in [5, 5.41) is 0. The van der Waals surface area contributed by atoms with Crippen molar-refractivity contribution in [2.45, 2.75) is 0 Å². The summed E-state index contributed by atoms with van der Waals surface area (Å²) in [7, 11) is 0. The summed E-state index contributed by atoms with van der Waals surface area (Å²) in [6, 6.07) is 0. The van der Waals surface area contributed by atoms with Gasteiger partial charge in [0.1, 0.15) is 0 Å². The van der Waals surface area contributed by atoms with Gasteiger partial charge in [-0.15, -0.1) is 0 Å². The zero-order valence-electron chi connectivity index (χ0n) is 2.06. The fourth-order valence-electron chi connectivity index (χ4n) is 0. The van der Waals surface area contributed by atoms with Gasteiger partial charge in [-0.05, 0) is 0 Å². The maximum atomic E-state index is 2.97. The van der Waals surface area contributed by atoms with E-state index in [0.717, 1.165) is 0 Å². The van der Waals surface area contributed by atoms with Crippen LogP contribution in [-0.4, -0.2) is 0 Å². The number of rotatable bonds is 0. The molecule has 0 aliphatic carbocycles. The normalized spacial score (nSPS) is 5.50. The van der Waals surface area contributed by atoms with Gasteiger partial charge in [0.15, 0.2) is 0 Å². The van der Waals surface area contributed by atoms with Gasteiger partial charge in [-0.2, -0.15) is 0 Å². The van der Waals surface area contributed by atoms with Crippen molar-refractivity contribution in [1.29, 1.82) is 0 Å². The van der Waals surface area contributed by atoms with Crippen LogP contribution in [0.15, 0.2) is 0 Å². The maximum Gasteiger partial charge on any atom is 1.00 e. The molecule has 4 heteroatoms. The molecule has 0 amide bonds. The molecule has 0 atom stereocenters. The third kappa shape index (κ3) is 8.95. The van der Waals surface area contributed by atoms with Gasteiger partial charge in [-0.3, -0.25) is 0 Å². The van der Waals surface area contributed by atoms with Crippen LogP contribution in [0.5, 0.6) is 0 Å². The van der Waals surface area contributed by atoms with Crippen LogP contribution in [0.4, 0.5) is 0 Å². The number of hydrogen-bond donors (Lipinski definition) is 0. The van der Waals surface area contributed by atoms with Crippen molar-refractivity contribution in [3.05, 3.63) is 0 Å². The second-order valence-corrected chi connectivity index (χ2v) is 4.80. The van der Waals surface area contributed by atoms with Crippen molar-refractivity contribution in [2.24, 2.45) is 0 Å². The largest absolute Gasteiger partial charge is 1.00 e. The van der Waals surface area contributed by atoms with Crippen LogP contribution >= 0.6 is 28.2 Å². The van der Waals surface area contributed by atoms with Crippen LogP contribution in [0.2, 0.25) is 0 Å². The average Bonchev–Trinajstić information content (AvgIpc) is 0.918. The van der Waals surface area contributed by atoms with Crippen molar-refractivity contribution in [3.8, 4) is 0 Å². The van der Waals surface area contributed by atoms with Gasteiger partial charge in [0.25, 0.3) is 0 Å². The Hall–Kier alpha value is 2.08. The minimum atomic E-state index is 0. The van der Waals surface area contributed by atoms with E-state index >= 15 is 0 Å². The molecule has 4 heavy (non-hydrogen) atoms. The smallest absolute Gasteiger partial charge is 1.00 e. The minimum absolute atomic E-state index is 0. The summed E-state index contributed by atoms with van der Waals surface area (Å²) >= 11 is 7.38. The second kappa shape index (κ2) is 8.91. The molecule has 0 rings (SSSR count). The van der Waals surface area contributed by atoms with E-state index in [1.54, 1.807) is 0 Å². The average molecular weight is 230 g/mol. The first-order valence-corrected chi connectivity index (χ1v) is 4.88. The van der Waals surface area contributed by atoms with Crippen LogP contribution in [0.1, 0.15) is 0 Å². The van der Waals surface area contributed by atoms with E-state index in [1.165, 1.54) is 11.3 Å². The summed E-state index contributed by atoms with van der Waals surface area (Å²) in [5.41, 5.74) is 0. The molecule has 0 nitrogen and oxygen atoms in total. The van der Waals surface area contributed by atoms with E-state index < -0.39 is 0 Å². The first kappa shape index (κ1) is 9.42. The van der Waals surface area contributed by atoms with Crippen LogP contribution < -0.4 is 18.9 Å². The molecule has 0 saturated heterocycles. The van der Waals surface area contributed by atoms with Crippen LogP contribution in [-0.2, 0) is 11.3 Å². The maximum absolute atomic E-state index is 2.97. The zero-order valence-corrected chi connectivity index (χ0v) is 6.17. The van der Waals surface area contributed by atoms with Crippen molar-refractivity contribution in [1.82, 2.24) is 0 Å². The third-order valence-corrected chi connectivity index (χ3v) is 0. The monoisotopic (exact) mass is 228 g/mol. The van der Waals surface area contributed by atoms with Crippen LogP contribution in [0.3, 0.4) is 0 Å². The molecule has 0 N–H and O–H groups in total. The molecular weight excluding hydrogens is 230 g/mol. The zero-order chi connectivity index (χ0) is 2.71. The quantitative estimate of drug-likeness (QED) is 0.454. The molecule has 0 aliphatic heterocycles. The van der Waals surface area contributed by atoms with Crippen molar-refractivity contribution in [2.75, 3.05) is 0 Å². The Bertz CT molecular complexity index is 6.00. The SMILES string of the molecule is [Br][Cu-][Br].[Li+].